The van der Waals surface area contributed by atoms with E-state index in [0.29, 0.717) is 34.8 Å². The molecular weight excluding hydrogens is 831 g/mol. The van der Waals surface area contributed by atoms with Crippen LogP contribution in [0.1, 0.15) is 25.7 Å². The lowest BCUT2D eigenvalue weighted by atomic mass is 9.83. The second-order valence-corrected chi connectivity index (χ2v) is 17.5. The molecule has 4 aliphatic heterocycles. The minimum Gasteiger partial charge on any atom is -0.477 e. The maximum Gasteiger partial charge on any atom is 0.343 e. The van der Waals surface area contributed by atoms with Crippen LogP contribution in [0.25, 0.3) is 0 Å². The molecule has 0 aromatic rings. The van der Waals surface area contributed by atoms with E-state index in [0.717, 1.165) is 19.1 Å². The lowest BCUT2D eigenvalue weighted by Gasteiger charge is -2.48. The molecule has 60 heavy (non-hydrogen) atoms. The Balaban J connectivity index is 1.60. The summed E-state index contributed by atoms with van der Waals surface area (Å²) in [6.07, 6.45) is -0.226. The lowest BCUT2D eigenvalue weighted by Crippen LogP contribution is -3.13. The first-order valence-electron chi connectivity index (χ1n) is 19.7. The number of esters is 1. The van der Waals surface area contributed by atoms with Gasteiger partial charge in [-0.25, -0.2) is 9.59 Å². The molecule has 12 atom stereocenters. The van der Waals surface area contributed by atoms with Gasteiger partial charge in [0.1, 0.15) is 48.9 Å². The van der Waals surface area contributed by atoms with Crippen LogP contribution >= 0.6 is 21.6 Å². The number of aliphatic hydroxyl groups excluding tert-OH is 5. The van der Waals surface area contributed by atoms with Crippen molar-refractivity contribution < 1.29 is 79.0 Å². The fourth-order valence-corrected chi connectivity index (χ4v) is 10.5. The van der Waals surface area contributed by atoms with Gasteiger partial charge in [0.15, 0.2) is 18.4 Å². The molecule has 0 amide bonds. The van der Waals surface area contributed by atoms with Gasteiger partial charge in [-0.05, 0) is 32.7 Å². The van der Waals surface area contributed by atoms with Gasteiger partial charge in [0.25, 0.3) is 0 Å². The Morgan fingerprint density at radius 3 is 2.62 bits per heavy atom. The van der Waals surface area contributed by atoms with Crippen LogP contribution in [0.5, 0.6) is 0 Å². The van der Waals surface area contributed by atoms with Crippen molar-refractivity contribution in [3.05, 3.63) is 59.7 Å². The summed E-state index contributed by atoms with van der Waals surface area (Å²) in [7, 11) is 4.58. The van der Waals surface area contributed by atoms with Crippen molar-refractivity contribution >= 4 is 39.5 Å². The molecule has 1 saturated heterocycles. The number of nitrogens with two attached hydrogens (primary N) is 1. The van der Waals surface area contributed by atoms with Gasteiger partial charge < -0.3 is 75.6 Å². The van der Waals surface area contributed by atoms with Gasteiger partial charge in [-0.3, -0.25) is 15.2 Å². The minimum absolute atomic E-state index is 0.0543. The van der Waals surface area contributed by atoms with E-state index in [-0.39, 0.29) is 61.1 Å². The Morgan fingerprint density at radius 1 is 1.18 bits per heavy atom. The summed E-state index contributed by atoms with van der Waals surface area (Å²) in [6.45, 7) is 2.46. The van der Waals surface area contributed by atoms with Gasteiger partial charge in [0, 0.05) is 36.3 Å². The number of hydrogen-bond donors (Lipinski definition) is 12. The summed E-state index contributed by atoms with van der Waals surface area (Å²) >= 11 is 0. The van der Waals surface area contributed by atoms with E-state index in [9.17, 15) is 50.4 Å². The molecule has 2 fully saturated rings. The summed E-state index contributed by atoms with van der Waals surface area (Å²) in [4.78, 5) is 31.9. The predicted octanol–water partition coefficient (Wildman–Crippen LogP) is -3.22. The molecule has 13 N–H and O–H groups in total. The molecular formula is C38H58N5O15S2+. The molecule has 1 saturated carbocycles. The number of aliphatic hydroxyl groups is 7. The zero-order valence-corrected chi connectivity index (χ0v) is 34.8. The third-order valence-corrected chi connectivity index (χ3v) is 13.6. The van der Waals surface area contributed by atoms with Gasteiger partial charge >= 0.3 is 11.9 Å². The molecule has 0 aromatic carbocycles. The first kappa shape index (κ1) is 48.0. The maximum atomic E-state index is 14.2. The van der Waals surface area contributed by atoms with Gasteiger partial charge in [0.05, 0.1) is 49.0 Å². The van der Waals surface area contributed by atoms with Crippen LogP contribution in [-0.2, 0) is 33.3 Å². The molecule has 0 radical (unpaired) electrons. The largest absolute Gasteiger partial charge is 0.477 e. The molecule has 2 bridgehead atoms. The summed E-state index contributed by atoms with van der Waals surface area (Å²) in [5, 5.41) is 88.5. The third kappa shape index (κ3) is 11.3. The van der Waals surface area contributed by atoms with Crippen LogP contribution in [0, 0.1) is 17.8 Å². The fourth-order valence-electron chi connectivity index (χ4n) is 7.63. The number of carbonyl (C=O) groups is 2. The zero-order valence-electron chi connectivity index (χ0n) is 33.2. The summed E-state index contributed by atoms with van der Waals surface area (Å²) in [5.41, 5.74) is 6.64. The quantitative estimate of drug-likeness (QED) is 0.0155. The van der Waals surface area contributed by atoms with Gasteiger partial charge in [0.2, 0.25) is 12.1 Å². The maximum absolute atomic E-state index is 14.2. The second kappa shape index (κ2) is 22.3. The number of quaternary nitrogens is 1. The number of aliphatic imine (C=N–C) groups is 1. The molecule has 5 rings (SSSR count). The third-order valence-electron chi connectivity index (χ3n) is 11.1. The van der Waals surface area contributed by atoms with E-state index in [4.69, 9.17) is 29.4 Å². The molecule has 5 aliphatic rings. The number of rotatable bonds is 14. The summed E-state index contributed by atoms with van der Waals surface area (Å²) in [6, 6.07) is -0.412. The Bertz CT molecular complexity index is 1660. The minimum atomic E-state index is -3.07. The van der Waals surface area contributed by atoms with Crippen molar-refractivity contribution in [1.82, 2.24) is 10.6 Å². The normalized spacial score (nSPS) is 34.8. The Kier molecular flexibility index (Phi) is 17.9. The average molecular weight is 889 g/mol. The van der Waals surface area contributed by atoms with E-state index >= 15 is 0 Å². The number of hydrogen-bond acceptors (Lipinski definition) is 18. The molecule has 4 heterocycles. The number of allylic oxidation sites excluding steroid dienone is 1. The van der Waals surface area contributed by atoms with Gasteiger partial charge in [-0.2, -0.15) is 0 Å². The number of nitrogens with one attached hydrogen (secondary N) is 3. The number of carbonyl (C=O) groups excluding carboxylic acids is 1. The van der Waals surface area contributed by atoms with Crippen molar-refractivity contribution in [1.29, 1.82) is 0 Å². The molecule has 20 nitrogen and oxygen atoms in total. The smallest absolute Gasteiger partial charge is 0.343 e. The number of likely N-dealkylation sites (N-methyl/N-ethyl adjacent to an activating group) is 1. The highest BCUT2D eigenvalue weighted by atomic mass is 33.1. The van der Waals surface area contributed by atoms with Gasteiger partial charge in [-0.1, -0.05) is 39.8 Å². The standard InChI is InChI=1S/C38H57N5O15S2/c1-3-23-24-9-8-20-12-43(13-25(33(49)50)30(20)42-37(39)41-10-5-11-44)22(14-45)19-60-59-18-21-6-4-7-27(21)55-34(51)26(24)17-54-35(23)58-36-32(57-29(16-47)40-2)38(52,53)31(48)28(15-46)56-36/h3,8-9,13,17,21-24,27-29,31-32,35-36,40,44-48,52-53H,1,4-7,10-12,14-16,18-19H2,2H3,(H,49,50)(H3,39,41,42)/p+1/b9-8+/t21-,22+,23+,24-,27-,28+,29+,31+,32-,35-,36-/m0/s1. The highest BCUT2D eigenvalue weighted by Crippen LogP contribution is 2.40. The molecule has 1 aliphatic carbocycles. The fraction of sp³-hybridized carbons (Fsp3) is 0.658. The average Bonchev–Trinajstić information content (AvgIpc) is 3.67. The highest BCUT2D eigenvalue weighted by Gasteiger charge is 2.58. The Morgan fingerprint density at radius 2 is 1.95 bits per heavy atom. The number of guanidine groups is 1. The Hall–Kier alpha value is -3.07. The van der Waals surface area contributed by atoms with Crippen LogP contribution in [0.3, 0.4) is 0 Å². The monoisotopic (exact) mass is 888 g/mol. The first-order valence-corrected chi connectivity index (χ1v) is 22.2. The van der Waals surface area contributed by atoms with Crippen molar-refractivity contribution in [3.8, 4) is 0 Å². The van der Waals surface area contributed by atoms with Crippen LogP contribution in [0.4, 0.5) is 0 Å². The van der Waals surface area contributed by atoms with Crippen molar-refractivity contribution in [2.24, 2.45) is 28.5 Å². The molecule has 22 heteroatoms. The topological polar surface area (TPSA) is 309 Å². The zero-order chi connectivity index (χ0) is 43.6. The number of carboxylic acid groups (broad SMARTS) is 1. The number of fused-ring (bicyclic) bond motifs is 4. The molecule has 0 spiro atoms. The van der Waals surface area contributed by atoms with Crippen molar-refractivity contribution in [3.63, 3.8) is 0 Å². The van der Waals surface area contributed by atoms with Gasteiger partial charge in [-0.15, -0.1) is 6.58 Å². The predicted molar refractivity (Wildman–Crippen MR) is 217 cm³/mol. The highest BCUT2D eigenvalue weighted by molar-refractivity contribution is 8.76. The summed E-state index contributed by atoms with van der Waals surface area (Å²) in [5.74, 6) is -5.86. The second-order valence-electron chi connectivity index (χ2n) is 14.9. The first-order chi connectivity index (χ1) is 28.8. The number of carboxylic acids is 1. The molecule has 0 aromatic heterocycles. The van der Waals surface area contributed by atoms with Crippen LogP contribution in [0.2, 0.25) is 0 Å². The van der Waals surface area contributed by atoms with Crippen molar-refractivity contribution in [2.45, 2.75) is 80.7 Å². The number of ether oxygens (including phenoxy) is 5. The molecule has 1 unspecified atom stereocenters. The van der Waals surface area contributed by atoms with E-state index in [1.165, 1.54) is 19.3 Å². The van der Waals surface area contributed by atoms with Crippen LogP contribution in [0.15, 0.2) is 64.7 Å². The van der Waals surface area contributed by atoms with Crippen LogP contribution in [-0.4, -0.2) is 172 Å². The van der Waals surface area contributed by atoms with Crippen LogP contribution < -0.4 is 21.3 Å². The van der Waals surface area contributed by atoms with E-state index in [1.54, 1.807) is 33.7 Å². The van der Waals surface area contributed by atoms with E-state index < -0.39 is 85.9 Å². The Labute approximate surface area is 355 Å². The van der Waals surface area contributed by atoms with E-state index in [1.807, 2.05) is 0 Å². The van der Waals surface area contributed by atoms with Crippen molar-refractivity contribution in [2.75, 3.05) is 58.1 Å². The van der Waals surface area contributed by atoms with E-state index in [2.05, 4.69) is 22.2 Å². The lowest BCUT2D eigenvalue weighted by molar-refractivity contribution is -0.867. The number of nitrogens with zero attached hydrogens (tertiary/aromatic N) is 1. The summed E-state index contributed by atoms with van der Waals surface area (Å²) < 4.78 is 29.8. The molecule has 336 valence electrons. The SMILES string of the molecule is C=C[C@H]1[C@H](O[C@@H]2O[C@H](CO)[C@@H](O)C(O)(O)[C@H]2O[C@H](CO)NC)OC=C2C(=O)O[C@H]3CCC[C@H]3CSSC[C@@H](CO)[NH+]3C=C(C(=O)O)C(NC(N)=NCCCO)=C(/C=C/[C@H]21)C3. The number of aliphatic carboxylic acids is 1.